The van der Waals surface area contributed by atoms with Gasteiger partial charge in [0.05, 0.1) is 6.26 Å². The van der Waals surface area contributed by atoms with E-state index >= 15 is 0 Å². The Kier molecular flexibility index (Phi) is 4.33. The number of nitrogens with zero attached hydrogens (tertiary/aromatic N) is 2. The summed E-state index contributed by atoms with van der Waals surface area (Å²) in [6, 6.07) is 3.66. The highest BCUT2D eigenvalue weighted by Crippen LogP contribution is 2.20. The fourth-order valence-electron chi connectivity index (χ4n) is 1.78. The Morgan fingerprint density at radius 1 is 1.61 bits per heavy atom. The molecule has 1 N–H and O–H groups in total. The van der Waals surface area contributed by atoms with E-state index in [9.17, 15) is 4.21 Å². The van der Waals surface area contributed by atoms with Crippen molar-refractivity contribution in [3.63, 3.8) is 0 Å². The minimum atomic E-state index is -0.801. The van der Waals surface area contributed by atoms with Gasteiger partial charge in [-0.2, -0.15) is 0 Å². The molecular formula is C12H17N3O2S. The highest BCUT2D eigenvalue weighted by Gasteiger charge is 2.20. The Balaban J connectivity index is 2.14. The molecule has 0 aromatic carbocycles. The van der Waals surface area contributed by atoms with Crippen LogP contribution in [0.2, 0.25) is 0 Å². The number of nitrogens with one attached hydrogen (secondary N) is 1. The standard InChI is InChI=1S/C12H17N3O2S/c1-15-7-5-14-12(15)11(10-4-3-8-17-10)13-6-9-18(2)16/h3-5,7-8,11,13H,6,9H2,1-2H3. The van der Waals surface area contributed by atoms with Gasteiger partial charge in [-0.1, -0.05) is 0 Å². The number of hydrogen-bond donors (Lipinski definition) is 1. The first-order valence-corrected chi connectivity index (χ1v) is 7.45. The number of hydrogen-bond acceptors (Lipinski definition) is 4. The van der Waals surface area contributed by atoms with Crippen LogP contribution in [0.3, 0.4) is 0 Å². The van der Waals surface area contributed by atoms with Crippen molar-refractivity contribution in [1.29, 1.82) is 0 Å². The van der Waals surface area contributed by atoms with Gasteiger partial charge >= 0.3 is 0 Å². The van der Waals surface area contributed by atoms with E-state index in [-0.39, 0.29) is 6.04 Å². The van der Waals surface area contributed by atoms with E-state index in [0.717, 1.165) is 11.6 Å². The molecular weight excluding hydrogens is 250 g/mol. The Bertz CT molecular complexity index is 507. The second-order valence-electron chi connectivity index (χ2n) is 4.08. The van der Waals surface area contributed by atoms with Crippen LogP contribution in [0.5, 0.6) is 0 Å². The molecule has 2 rings (SSSR count). The van der Waals surface area contributed by atoms with E-state index in [4.69, 9.17) is 4.42 Å². The van der Waals surface area contributed by atoms with Crippen LogP contribution in [-0.2, 0) is 17.8 Å². The quantitative estimate of drug-likeness (QED) is 0.850. The van der Waals surface area contributed by atoms with Crippen LogP contribution >= 0.6 is 0 Å². The minimum Gasteiger partial charge on any atom is -0.467 e. The number of aryl methyl sites for hydroxylation is 1. The van der Waals surface area contributed by atoms with Crippen LogP contribution < -0.4 is 5.32 Å². The molecule has 0 radical (unpaired) electrons. The van der Waals surface area contributed by atoms with E-state index < -0.39 is 10.8 Å². The normalized spacial score (nSPS) is 14.6. The first kappa shape index (κ1) is 13.0. The maximum absolute atomic E-state index is 11.1. The first-order valence-electron chi connectivity index (χ1n) is 5.72. The Labute approximate surface area is 109 Å². The molecule has 0 saturated carbocycles. The highest BCUT2D eigenvalue weighted by molar-refractivity contribution is 7.84. The molecule has 18 heavy (non-hydrogen) atoms. The van der Waals surface area contributed by atoms with Crippen LogP contribution in [0.1, 0.15) is 17.6 Å². The lowest BCUT2D eigenvalue weighted by atomic mass is 10.2. The topological polar surface area (TPSA) is 60.1 Å². The van der Waals surface area contributed by atoms with E-state index in [0.29, 0.717) is 12.3 Å². The molecule has 98 valence electrons. The lowest BCUT2D eigenvalue weighted by Crippen LogP contribution is -2.28. The number of imidazole rings is 1. The molecule has 0 saturated heterocycles. The third kappa shape index (κ3) is 3.08. The van der Waals surface area contributed by atoms with Gasteiger partial charge in [-0.3, -0.25) is 4.21 Å². The minimum absolute atomic E-state index is 0.108. The van der Waals surface area contributed by atoms with Crippen molar-refractivity contribution < 1.29 is 8.63 Å². The second-order valence-corrected chi connectivity index (χ2v) is 5.63. The molecule has 6 heteroatoms. The maximum Gasteiger partial charge on any atom is 0.133 e. The zero-order valence-electron chi connectivity index (χ0n) is 10.5. The third-order valence-corrected chi connectivity index (χ3v) is 3.46. The molecule has 0 bridgehead atoms. The molecule has 2 heterocycles. The lowest BCUT2D eigenvalue weighted by molar-refractivity contribution is 0.436. The van der Waals surface area contributed by atoms with Gasteiger partial charge < -0.3 is 14.3 Å². The number of rotatable bonds is 6. The van der Waals surface area contributed by atoms with Crippen molar-refractivity contribution in [3.8, 4) is 0 Å². The predicted molar refractivity (Wildman–Crippen MR) is 70.7 cm³/mol. The summed E-state index contributed by atoms with van der Waals surface area (Å²) in [5.74, 6) is 2.31. The summed E-state index contributed by atoms with van der Waals surface area (Å²) in [4.78, 5) is 4.33. The molecule has 0 spiro atoms. The van der Waals surface area contributed by atoms with Crippen LogP contribution in [-0.4, -0.2) is 32.3 Å². The van der Waals surface area contributed by atoms with Gasteiger partial charge in [0.25, 0.3) is 0 Å². The predicted octanol–water partition coefficient (Wildman–Crippen LogP) is 1.07. The zero-order valence-corrected chi connectivity index (χ0v) is 11.3. The van der Waals surface area contributed by atoms with Crippen molar-refractivity contribution in [2.24, 2.45) is 7.05 Å². The van der Waals surface area contributed by atoms with Crippen LogP contribution in [0.15, 0.2) is 35.2 Å². The van der Waals surface area contributed by atoms with Gasteiger partial charge in [0, 0.05) is 48.8 Å². The molecule has 0 aliphatic carbocycles. The SMILES string of the molecule is Cn1ccnc1C(NCCS(C)=O)c1ccco1. The molecule has 0 amide bonds. The summed E-state index contributed by atoms with van der Waals surface area (Å²) < 4.78 is 18.5. The molecule has 0 aliphatic heterocycles. The monoisotopic (exact) mass is 267 g/mol. The summed E-state index contributed by atoms with van der Waals surface area (Å²) in [6.45, 7) is 0.654. The van der Waals surface area contributed by atoms with Crippen molar-refractivity contribution in [3.05, 3.63) is 42.4 Å². The average molecular weight is 267 g/mol. The van der Waals surface area contributed by atoms with Crippen LogP contribution in [0.25, 0.3) is 0 Å². The summed E-state index contributed by atoms with van der Waals surface area (Å²) in [6.07, 6.45) is 6.99. The third-order valence-electron chi connectivity index (χ3n) is 2.68. The van der Waals surface area contributed by atoms with Gasteiger partial charge in [-0.15, -0.1) is 0 Å². The van der Waals surface area contributed by atoms with Crippen molar-refractivity contribution in [1.82, 2.24) is 14.9 Å². The van der Waals surface area contributed by atoms with Crippen molar-refractivity contribution in [2.45, 2.75) is 6.04 Å². The summed E-state index contributed by atoms with van der Waals surface area (Å²) in [5, 5.41) is 3.33. The average Bonchev–Trinajstić information content (AvgIpc) is 2.96. The molecule has 2 aromatic heterocycles. The van der Waals surface area contributed by atoms with E-state index in [1.165, 1.54) is 0 Å². The van der Waals surface area contributed by atoms with E-state index in [1.807, 2.05) is 29.9 Å². The fraction of sp³-hybridized carbons (Fsp3) is 0.417. The molecule has 0 aliphatic rings. The smallest absolute Gasteiger partial charge is 0.133 e. The van der Waals surface area contributed by atoms with Crippen molar-refractivity contribution >= 4 is 10.8 Å². The molecule has 5 nitrogen and oxygen atoms in total. The number of aromatic nitrogens is 2. The highest BCUT2D eigenvalue weighted by atomic mass is 32.2. The largest absolute Gasteiger partial charge is 0.467 e. The lowest BCUT2D eigenvalue weighted by Gasteiger charge is -2.16. The van der Waals surface area contributed by atoms with Gasteiger partial charge in [0.15, 0.2) is 0 Å². The van der Waals surface area contributed by atoms with E-state index in [1.54, 1.807) is 18.7 Å². The molecule has 0 fully saturated rings. The second kappa shape index (κ2) is 5.97. The summed E-state index contributed by atoms with van der Waals surface area (Å²) >= 11 is 0. The van der Waals surface area contributed by atoms with Crippen LogP contribution in [0, 0.1) is 0 Å². The number of furan rings is 1. The summed E-state index contributed by atoms with van der Waals surface area (Å²) in [5.41, 5.74) is 0. The van der Waals surface area contributed by atoms with Crippen LogP contribution in [0.4, 0.5) is 0 Å². The van der Waals surface area contributed by atoms with Crippen molar-refractivity contribution in [2.75, 3.05) is 18.6 Å². The first-order chi connectivity index (χ1) is 8.68. The Morgan fingerprint density at radius 3 is 3.00 bits per heavy atom. The van der Waals surface area contributed by atoms with Gasteiger partial charge in [-0.05, 0) is 12.1 Å². The van der Waals surface area contributed by atoms with Gasteiger partial charge in [0.2, 0.25) is 0 Å². The summed E-state index contributed by atoms with van der Waals surface area (Å²) in [7, 11) is 1.14. The van der Waals surface area contributed by atoms with E-state index in [2.05, 4.69) is 10.3 Å². The fourth-order valence-corrected chi connectivity index (χ4v) is 2.18. The zero-order chi connectivity index (χ0) is 13.0. The van der Waals surface area contributed by atoms with Gasteiger partial charge in [-0.25, -0.2) is 4.98 Å². The molecule has 2 atom stereocenters. The van der Waals surface area contributed by atoms with Gasteiger partial charge in [0.1, 0.15) is 17.6 Å². The Morgan fingerprint density at radius 2 is 2.44 bits per heavy atom. The Hall–Kier alpha value is -1.40. The molecule has 2 aromatic rings. The maximum atomic E-state index is 11.1. The molecule has 2 unspecified atom stereocenters.